The van der Waals surface area contributed by atoms with Crippen molar-refractivity contribution in [1.29, 1.82) is 0 Å². The third kappa shape index (κ3) is 1.93. The number of rotatable bonds is 2. The third-order valence-electron chi connectivity index (χ3n) is 3.58. The van der Waals surface area contributed by atoms with E-state index >= 15 is 0 Å². The lowest BCUT2D eigenvalue weighted by Gasteiger charge is -2.44. The van der Waals surface area contributed by atoms with Gasteiger partial charge in [-0.15, -0.1) is 0 Å². The van der Waals surface area contributed by atoms with E-state index in [0.29, 0.717) is 5.92 Å². The SMILES string of the molecule is CC1CC(N)(c2ccc(C(C)C)cc2)C1. The molecule has 1 saturated carbocycles. The lowest BCUT2D eigenvalue weighted by molar-refractivity contribution is 0.164. The summed E-state index contributed by atoms with van der Waals surface area (Å²) >= 11 is 0. The van der Waals surface area contributed by atoms with Crippen LogP contribution in [0.3, 0.4) is 0 Å². The Kier molecular flexibility index (Phi) is 2.59. The van der Waals surface area contributed by atoms with Crippen molar-refractivity contribution in [2.24, 2.45) is 11.7 Å². The van der Waals surface area contributed by atoms with Crippen molar-refractivity contribution >= 4 is 0 Å². The van der Waals surface area contributed by atoms with E-state index in [4.69, 9.17) is 5.73 Å². The molecule has 0 amide bonds. The summed E-state index contributed by atoms with van der Waals surface area (Å²) in [5.41, 5.74) is 9.02. The third-order valence-corrected chi connectivity index (χ3v) is 3.58. The van der Waals surface area contributed by atoms with Gasteiger partial charge in [-0.1, -0.05) is 45.0 Å². The lowest BCUT2D eigenvalue weighted by atomic mass is 9.66. The second-order valence-electron chi connectivity index (χ2n) is 5.45. The van der Waals surface area contributed by atoms with Crippen LogP contribution in [0.1, 0.15) is 50.7 Å². The van der Waals surface area contributed by atoms with Crippen molar-refractivity contribution in [3.05, 3.63) is 35.4 Å². The molecule has 1 aromatic rings. The second kappa shape index (κ2) is 3.64. The molecule has 0 aliphatic heterocycles. The molecule has 2 rings (SSSR count). The Morgan fingerprint density at radius 3 is 2.13 bits per heavy atom. The minimum absolute atomic E-state index is 0.0328. The monoisotopic (exact) mass is 203 g/mol. The summed E-state index contributed by atoms with van der Waals surface area (Å²) in [5, 5.41) is 0. The first-order chi connectivity index (χ1) is 7.01. The van der Waals surface area contributed by atoms with Crippen LogP contribution in [0, 0.1) is 5.92 Å². The van der Waals surface area contributed by atoms with Crippen LogP contribution in [0.2, 0.25) is 0 Å². The summed E-state index contributed by atoms with van der Waals surface area (Å²) in [6.07, 6.45) is 2.27. The van der Waals surface area contributed by atoms with Gasteiger partial charge in [0.05, 0.1) is 0 Å². The van der Waals surface area contributed by atoms with Crippen molar-refractivity contribution in [3.63, 3.8) is 0 Å². The Balaban J connectivity index is 2.17. The molecule has 0 spiro atoms. The first-order valence-electron chi connectivity index (χ1n) is 5.90. The first-order valence-corrected chi connectivity index (χ1v) is 5.90. The fourth-order valence-corrected chi connectivity index (χ4v) is 2.62. The molecule has 1 heteroatoms. The minimum atomic E-state index is -0.0328. The Bertz CT molecular complexity index is 331. The van der Waals surface area contributed by atoms with Crippen LogP contribution in [0.15, 0.2) is 24.3 Å². The van der Waals surface area contributed by atoms with E-state index in [-0.39, 0.29) is 5.54 Å². The molecule has 82 valence electrons. The smallest absolute Gasteiger partial charge is 0.0414 e. The zero-order chi connectivity index (χ0) is 11.1. The normalized spacial score (nSPS) is 30.3. The Hall–Kier alpha value is -0.820. The van der Waals surface area contributed by atoms with Gasteiger partial charge in [-0.25, -0.2) is 0 Å². The molecule has 1 aromatic carbocycles. The molecule has 0 radical (unpaired) electrons. The Morgan fingerprint density at radius 2 is 1.73 bits per heavy atom. The van der Waals surface area contributed by atoms with E-state index in [9.17, 15) is 0 Å². The van der Waals surface area contributed by atoms with Gasteiger partial charge in [0.25, 0.3) is 0 Å². The molecular weight excluding hydrogens is 182 g/mol. The van der Waals surface area contributed by atoms with E-state index in [1.165, 1.54) is 11.1 Å². The van der Waals surface area contributed by atoms with Gasteiger partial charge >= 0.3 is 0 Å². The Labute approximate surface area is 92.7 Å². The fraction of sp³-hybridized carbons (Fsp3) is 0.571. The van der Waals surface area contributed by atoms with E-state index in [1.54, 1.807) is 0 Å². The molecule has 1 nitrogen and oxygen atoms in total. The highest BCUT2D eigenvalue weighted by Crippen LogP contribution is 2.43. The van der Waals surface area contributed by atoms with E-state index in [1.807, 2.05) is 0 Å². The van der Waals surface area contributed by atoms with Crippen LogP contribution in [0.25, 0.3) is 0 Å². The van der Waals surface area contributed by atoms with Crippen LogP contribution >= 0.6 is 0 Å². The quantitative estimate of drug-likeness (QED) is 0.783. The van der Waals surface area contributed by atoms with Gasteiger partial charge in [-0.2, -0.15) is 0 Å². The predicted octanol–water partition coefficient (Wildman–Crippen LogP) is 3.39. The molecule has 0 bridgehead atoms. The number of benzene rings is 1. The fourth-order valence-electron chi connectivity index (χ4n) is 2.62. The standard InChI is InChI=1S/C14H21N/c1-10(2)12-4-6-13(7-5-12)14(15)8-11(3)9-14/h4-7,10-11H,8-9,15H2,1-3H3. The van der Waals surface area contributed by atoms with E-state index in [0.717, 1.165) is 18.8 Å². The van der Waals surface area contributed by atoms with Crippen molar-refractivity contribution in [2.45, 2.75) is 45.1 Å². The highest BCUT2D eigenvalue weighted by Gasteiger charge is 2.39. The van der Waals surface area contributed by atoms with Crippen molar-refractivity contribution < 1.29 is 0 Å². The first kappa shape index (κ1) is 10.7. The maximum atomic E-state index is 6.34. The summed E-state index contributed by atoms with van der Waals surface area (Å²) in [6, 6.07) is 8.86. The van der Waals surface area contributed by atoms with Crippen molar-refractivity contribution in [1.82, 2.24) is 0 Å². The molecule has 2 N–H and O–H groups in total. The number of hydrogen-bond acceptors (Lipinski definition) is 1. The van der Waals surface area contributed by atoms with Crippen LogP contribution in [0.5, 0.6) is 0 Å². The molecular formula is C14H21N. The van der Waals surface area contributed by atoms with E-state index < -0.39 is 0 Å². The largest absolute Gasteiger partial charge is 0.321 e. The zero-order valence-electron chi connectivity index (χ0n) is 9.96. The van der Waals surface area contributed by atoms with Gasteiger partial charge in [0.2, 0.25) is 0 Å². The number of nitrogens with two attached hydrogens (primary N) is 1. The maximum Gasteiger partial charge on any atom is 0.0414 e. The summed E-state index contributed by atoms with van der Waals surface area (Å²) in [5.74, 6) is 1.40. The van der Waals surface area contributed by atoms with Crippen molar-refractivity contribution in [2.75, 3.05) is 0 Å². The number of hydrogen-bond donors (Lipinski definition) is 1. The summed E-state index contributed by atoms with van der Waals surface area (Å²) < 4.78 is 0. The van der Waals surface area contributed by atoms with Gasteiger partial charge in [-0.05, 0) is 35.8 Å². The molecule has 1 aliphatic rings. The van der Waals surface area contributed by atoms with Gasteiger partial charge in [0, 0.05) is 5.54 Å². The highest BCUT2D eigenvalue weighted by molar-refractivity contribution is 5.31. The molecule has 0 saturated heterocycles. The molecule has 0 heterocycles. The average Bonchev–Trinajstić information content (AvgIpc) is 2.16. The summed E-state index contributed by atoms with van der Waals surface area (Å²) in [6.45, 7) is 6.71. The van der Waals surface area contributed by atoms with Gasteiger partial charge < -0.3 is 5.73 Å². The zero-order valence-corrected chi connectivity index (χ0v) is 9.96. The second-order valence-corrected chi connectivity index (χ2v) is 5.45. The van der Waals surface area contributed by atoms with Crippen LogP contribution in [-0.4, -0.2) is 0 Å². The minimum Gasteiger partial charge on any atom is -0.321 e. The van der Waals surface area contributed by atoms with Crippen LogP contribution in [-0.2, 0) is 5.54 Å². The predicted molar refractivity (Wildman–Crippen MR) is 64.8 cm³/mol. The molecule has 1 fully saturated rings. The van der Waals surface area contributed by atoms with Gasteiger partial charge in [0.1, 0.15) is 0 Å². The average molecular weight is 203 g/mol. The van der Waals surface area contributed by atoms with Crippen LogP contribution in [0.4, 0.5) is 0 Å². The topological polar surface area (TPSA) is 26.0 Å². The summed E-state index contributed by atoms with van der Waals surface area (Å²) in [7, 11) is 0. The van der Waals surface area contributed by atoms with Crippen molar-refractivity contribution in [3.8, 4) is 0 Å². The Morgan fingerprint density at radius 1 is 1.20 bits per heavy atom. The maximum absolute atomic E-state index is 6.34. The molecule has 0 atom stereocenters. The van der Waals surface area contributed by atoms with Crippen LogP contribution < -0.4 is 5.73 Å². The van der Waals surface area contributed by atoms with Gasteiger partial charge in [-0.3, -0.25) is 0 Å². The molecule has 0 unspecified atom stereocenters. The molecule has 1 aliphatic carbocycles. The van der Waals surface area contributed by atoms with Gasteiger partial charge in [0.15, 0.2) is 0 Å². The highest BCUT2D eigenvalue weighted by atomic mass is 14.8. The molecule has 0 aromatic heterocycles. The summed E-state index contributed by atoms with van der Waals surface area (Å²) in [4.78, 5) is 0. The van der Waals surface area contributed by atoms with E-state index in [2.05, 4.69) is 45.0 Å². The lowest BCUT2D eigenvalue weighted by Crippen LogP contribution is -2.47. The molecule has 15 heavy (non-hydrogen) atoms.